The number of carbonyl (C=O) groups excluding carboxylic acids is 2. The van der Waals surface area contributed by atoms with Crippen LogP contribution >= 0.6 is 0 Å². The van der Waals surface area contributed by atoms with Crippen molar-refractivity contribution in [1.29, 1.82) is 0 Å². The van der Waals surface area contributed by atoms with Gasteiger partial charge in [0.1, 0.15) is 17.3 Å². The SMILES string of the molecule is Cc1cc(C(=O)N2CC[C@@]3(C[C@H]3C(=O)NCc3ccco3)C2)c(C)o1. The van der Waals surface area contributed by atoms with Crippen LogP contribution in [0.4, 0.5) is 0 Å². The summed E-state index contributed by atoms with van der Waals surface area (Å²) in [7, 11) is 0. The summed E-state index contributed by atoms with van der Waals surface area (Å²) in [5.41, 5.74) is 0.587. The smallest absolute Gasteiger partial charge is 0.257 e. The van der Waals surface area contributed by atoms with Crippen molar-refractivity contribution in [3.05, 3.63) is 47.3 Å². The summed E-state index contributed by atoms with van der Waals surface area (Å²) in [6.45, 7) is 5.41. The minimum atomic E-state index is -0.0460. The van der Waals surface area contributed by atoms with Crippen LogP contribution in [-0.4, -0.2) is 29.8 Å². The molecule has 6 nitrogen and oxygen atoms in total. The first kappa shape index (κ1) is 16.0. The Kier molecular flexibility index (Phi) is 3.71. The monoisotopic (exact) mass is 342 g/mol. The van der Waals surface area contributed by atoms with Crippen molar-refractivity contribution in [2.45, 2.75) is 33.2 Å². The summed E-state index contributed by atoms with van der Waals surface area (Å²) in [6.07, 6.45) is 3.33. The Balaban J connectivity index is 1.35. The molecule has 4 rings (SSSR count). The van der Waals surface area contributed by atoms with E-state index in [2.05, 4.69) is 5.32 Å². The molecule has 0 radical (unpaired) electrons. The number of furan rings is 2. The molecule has 0 unspecified atom stereocenters. The van der Waals surface area contributed by atoms with Crippen molar-refractivity contribution >= 4 is 11.8 Å². The van der Waals surface area contributed by atoms with Crippen LogP contribution in [0, 0.1) is 25.2 Å². The maximum atomic E-state index is 12.7. The third-order valence-corrected chi connectivity index (χ3v) is 5.47. The molecule has 2 aromatic rings. The highest BCUT2D eigenvalue weighted by atomic mass is 16.3. The van der Waals surface area contributed by atoms with Crippen LogP contribution in [0.25, 0.3) is 0 Å². The van der Waals surface area contributed by atoms with Gasteiger partial charge in [-0.15, -0.1) is 0 Å². The molecule has 1 saturated carbocycles. The van der Waals surface area contributed by atoms with Gasteiger partial charge in [-0.1, -0.05) is 0 Å². The summed E-state index contributed by atoms with van der Waals surface area (Å²) in [5, 5.41) is 2.94. The average Bonchev–Trinajstić information content (AvgIpc) is 2.97. The van der Waals surface area contributed by atoms with Gasteiger partial charge in [-0.05, 0) is 44.9 Å². The van der Waals surface area contributed by atoms with Gasteiger partial charge in [-0.25, -0.2) is 0 Å². The number of likely N-dealkylation sites (tertiary alicyclic amines) is 1. The number of nitrogens with zero attached hydrogens (tertiary/aromatic N) is 1. The molecule has 25 heavy (non-hydrogen) atoms. The average molecular weight is 342 g/mol. The topological polar surface area (TPSA) is 75.7 Å². The lowest BCUT2D eigenvalue weighted by atomic mass is 10.0. The van der Waals surface area contributed by atoms with Crippen LogP contribution < -0.4 is 5.32 Å². The van der Waals surface area contributed by atoms with E-state index >= 15 is 0 Å². The van der Waals surface area contributed by atoms with Crippen LogP contribution in [0.5, 0.6) is 0 Å². The fourth-order valence-corrected chi connectivity index (χ4v) is 3.96. The number of rotatable bonds is 4. The van der Waals surface area contributed by atoms with Gasteiger partial charge in [0.25, 0.3) is 5.91 Å². The Labute approximate surface area is 146 Å². The summed E-state index contributed by atoms with van der Waals surface area (Å²) >= 11 is 0. The highest BCUT2D eigenvalue weighted by molar-refractivity contribution is 5.95. The molecular weight excluding hydrogens is 320 g/mol. The van der Waals surface area contributed by atoms with Crippen molar-refractivity contribution in [3.63, 3.8) is 0 Å². The summed E-state index contributed by atoms with van der Waals surface area (Å²) in [6, 6.07) is 5.44. The standard InChI is InChI=1S/C19H22N2O4/c1-12-8-15(13(2)25-12)18(23)21-6-5-19(11-21)9-16(19)17(22)20-10-14-4-3-7-24-14/h3-4,7-8,16H,5-6,9-11H2,1-2H3,(H,20,22)/t16-,19+/m0/s1. The van der Waals surface area contributed by atoms with E-state index in [4.69, 9.17) is 8.83 Å². The molecule has 1 N–H and O–H groups in total. The molecule has 2 amide bonds. The first-order valence-electron chi connectivity index (χ1n) is 8.65. The van der Waals surface area contributed by atoms with E-state index in [0.717, 1.165) is 24.4 Å². The molecular formula is C19H22N2O4. The minimum absolute atomic E-state index is 0.00700. The van der Waals surface area contributed by atoms with Crippen LogP contribution in [0.15, 0.2) is 33.3 Å². The van der Waals surface area contributed by atoms with E-state index < -0.39 is 0 Å². The number of nitrogens with one attached hydrogen (secondary N) is 1. The lowest BCUT2D eigenvalue weighted by Gasteiger charge is -2.16. The van der Waals surface area contributed by atoms with Gasteiger partial charge < -0.3 is 19.1 Å². The predicted molar refractivity (Wildman–Crippen MR) is 89.8 cm³/mol. The first-order valence-corrected chi connectivity index (χ1v) is 8.65. The number of hydrogen-bond acceptors (Lipinski definition) is 4. The lowest BCUT2D eigenvalue weighted by molar-refractivity contribution is -0.123. The quantitative estimate of drug-likeness (QED) is 0.927. The third kappa shape index (κ3) is 2.86. The molecule has 2 aromatic heterocycles. The normalized spacial score (nSPS) is 24.7. The highest BCUT2D eigenvalue weighted by Crippen LogP contribution is 2.58. The summed E-state index contributed by atoms with van der Waals surface area (Å²) in [5.74, 6) is 2.21. The van der Waals surface area contributed by atoms with Gasteiger partial charge in [0.2, 0.25) is 5.91 Å². The fraction of sp³-hybridized carbons (Fsp3) is 0.474. The number of hydrogen-bond donors (Lipinski definition) is 1. The molecule has 2 aliphatic rings. The molecule has 6 heteroatoms. The lowest BCUT2D eigenvalue weighted by Crippen LogP contribution is -2.31. The van der Waals surface area contributed by atoms with E-state index in [-0.39, 0.29) is 23.1 Å². The van der Waals surface area contributed by atoms with Gasteiger partial charge in [-0.2, -0.15) is 0 Å². The Morgan fingerprint density at radius 2 is 2.24 bits per heavy atom. The highest BCUT2D eigenvalue weighted by Gasteiger charge is 2.61. The second-order valence-corrected chi connectivity index (χ2v) is 7.22. The van der Waals surface area contributed by atoms with E-state index in [1.54, 1.807) is 18.4 Å². The second-order valence-electron chi connectivity index (χ2n) is 7.22. The van der Waals surface area contributed by atoms with E-state index in [1.807, 2.05) is 24.8 Å². The third-order valence-electron chi connectivity index (χ3n) is 5.47. The molecule has 2 atom stereocenters. The maximum Gasteiger partial charge on any atom is 0.257 e. The molecule has 1 aliphatic heterocycles. The van der Waals surface area contributed by atoms with Gasteiger partial charge in [0.05, 0.1) is 18.4 Å². The van der Waals surface area contributed by atoms with Crippen molar-refractivity contribution in [2.75, 3.05) is 13.1 Å². The molecule has 132 valence electrons. The fourth-order valence-electron chi connectivity index (χ4n) is 3.96. The van der Waals surface area contributed by atoms with Gasteiger partial charge in [0, 0.05) is 24.4 Å². The van der Waals surface area contributed by atoms with Crippen LogP contribution in [0.3, 0.4) is 0 Å². The zero-order chi connectivity index (χ0) is 17.6. The zero-order valence-corrected chi connectivity index (χ0v) is 14.5. The molecule has 3 heterocycles. The van der Waals surface area contributed by atoms with Crippen molar-refractivity contribution in [1.82, 2.24) is 10.2 Å². The number of amides is 2. The molecule has 1 spiro atoms. The predicted octanol–water partition coefficient (Wildman–Crippen LogP) is 2.66. The van der Waals surface area contributed by atoms with Crippen LogP contribution in [0.2, 0.25) is 0 Å². The Morgan fingerprint density at radius 3 is 2.92 bits per heavy atom. The molecule has 1 aliphatic carbocycles. The Morgan fingerprint density at radius 1 is 1.40 bits per heavy atom. The zero-order valence-electron chi connectivity index (χ0n) is 14.5. The first-order chi connectivity index (χ1) is 12.0. The number of aryl methyl sites for hydroxylation is 2. The second kappa shape index (κ2) is 5.79. The summed E-state index contributed by atoms with van der Waals surface area (Å²) in [4.78, 5) is 27.0. The summed E-state index contributed by atoms with van der Waals surface area (Å²) < 4.78 is 10.7. The van der Waals surface area contributed by atoms with Crippen LogP contribution in [0.1, 0.15) is 40.5 Å². The van der Waals surface area contributed by atoms with E-state index in [0.29, 0.717) is 31.0 Å². The molecule has 0 bridgehead atoms. The van der Waals surface area contributed by atoms with Crippen LogP contribution in [-0.2, 0) is 11.3 Å². The van der Waals surface area contributed by atoms with Crippen molar-refractivity contribution in [2.24, 2.45) is 11.3 Å². The van der Waals surface area contributed by atoms with E-state index in [1.165, 1.54) is 0 Å². The van der Waals surface area contributed by atoms with Gasteiger partial charge in [0.15, 0.2) is 0 Å². The maximum absolute atomic E-state index is 12.7. The van der Waals surface area contributed by atoms with Crippen molar-refractivity contribution < 1.29 is 18.4 Å². The Hall–Kier alpha value is -2.50. The van der Waals surface area contributed by atoms with E-state index in [9.17, 15) is 9.59 Å². The molecule has 2 fully saturated rings. The molecule has 0 aromatic carbocycles. The minimum Gasteiger partial charge on any atom is -0.467 e. The van der Waals surface area contributed by atoms with Crippen molar-refractivity contribution in [3.8, 4) is 0 Å². The molecule has 1 saturated heterocycles. The Bertz CT molecular complexity index is 808. The van der Waals surface area contributed by atoms with Gasteiger partial charge >= 0.3 is 0 Å². The van der Waals surface area contributed by atoms with Gasteiger partial charge in [-0.3, -0.25) is 9.59 Å². The number of carbonyl (C=O) groups is 2. The largest absolute Gasteiger partial charge is 0.467 e.